The third-order valence-corrected chi connectivity index (χ3v) is 3.71. The summed E-state index contributed by atoms with van der Waals surface area (Å²) in [5, 5.41) is 15.3. The molecular formula is C17H28N2O3. The largest absolute Gasteiger partial charge is 0.495 e. The number of hydrogen-bond acceptors (Lipinski definition) is 4. The van der Waals surface area contributed by atoms with Crippen molar-refractivity contribution in [3.05, 3.63) is 23.8 Å². The molecule has 5 nitrogen and oxygen atoms in total. The summed E-state index contributed by atoms with van der Waals surface area (Å²) in [6, 6.07) is 5.91. The lowest BCUT2D eigenvalue weighted by Gasteiger charge is -2.27. The number of anilines is 1. The Morgan fingerprint density at radius 2 is 2.09 bits per heavy atom. The number of carbonyl (C=O) groups is 1. The Morgan fingerprint density at radius 1 is 1.41 bits per heavy atom. The van der Waals surface area contributed by atoms with E-state index >= 15 is 0 Å². The zero-order chi connectivity index (χ0) is 16.8. The van der Waals surface area contributed by atoms with Crippen LogP contribution in [0.1, 0.15) is 45.7 Å². The molecule has 0 bridgehead atoms. The van der Waals surface area contributed by atoms with Crippen LogP contribution in [0.2, 0.25) is 0 Å². The Bertz CT molecular complexity index is 501. The number of methoxy groups -OCH3 is 1. The van der Waals surface area contributed by atoms with E-state index in [0.29, 0.717) is 11.4 Å². The van der Waals surface area contributed by atoms with Crippen LogP contribution in [0.15, 0.2) is 18.2 Å². The monoisotopic (exact) mass is 308 g/mol. The maximum Gasteiger partial charge on any atom is 0.221 e. The summed E-state index contributed by atoms with van der Waals surface area (Å²) in [6.45, 7) is 8.80. The van der Waals surface area contributed by atoms with E-state index < -0.39 is 0 Å². The van der Waals surface area contributed by atoms with Gasteiger partial charge in [0, 0.05) is 26.1 Å². The second-order valence-electron chi connectivity index (χ2n) is 6.38. The molecule has 124 valence electrons. The first-order valence-corrected chi connectivity index (χ1v) is 7.59. The van der Waals surface area contributed by atoms with Crippen molar-refractivity contribution in [2.75, 3.05) is 25.6 Å². The first-order chi connectivity index (χ1) is 10.3. The van der Waals surface area contributed by atoms with Gasteiger partial charge in [0.1, 0.15) is 5.75 Å². The molecule has 1 amide bonds. The van der Waals surface area contributed by atoms with Crippen molar-refractivity contribution in [1.82, 2.24) is 5.32 Å². The Kier molecular flexibility index (Phi) is 6.84. The van der Waals surface area contributed by atoms with Crippen molar-refractivity contribution in [1.29, 1.82) is 0 Å². The molecule has 1 rings (SSSR count). The summed E-state index contributed by atoms with van der Waals surface area (Å²) in [4.78, 5) is 11.3. The predicted molar refractivity (Wildman–Crippen MR) is 89.2 cm³/mol. The van der Waals surface area contributed by atoms with Crippen molar-refractivity contribution in [3.63, 3.8) is 0 Å². The van der Waals surface area contributed by atoms with Gasteiger partial charge in [-0.05, 0) is 36.5 Å². The number of nitrogens with one attached hydrogen (secondary N) is 2. The van der Waals surface area contributed by atoms with E-state index in [1.807, 2.05) is 18.2 Å². The van der Waals surface area contributed by atoms with Crippen LogP contribution in [0.4, 0.5) is 5.69 Å². The normalized spacial score (nSPS) is 12.8. The van der Waals surface area contributed by atoms with Crippen LogP contribution < -0.4 is 15.4 Å². The van der Waals surface area contributed by atoms with Crippen molar-refractivity contribution in [3.8, 4) is 5.75 Å². The zero-order valence-electron chi connectivity index (χ0n) is 14.2. The smallest absolute Gasteiger partial charge is 0.221 e. The number of carbonyl (C=O) groups excluding carboxylic acids is 1. The zero-order valence-corrected chi connectivity index (χ0v) is 14.2. The molecule has 1 atom stereocenters. The van der Waals surface area contributed by atoms with E-state index in [2.05, 4.69) is 31.4 Å². The summed E-state index contributed by atoms with van der Waals surface area (Å²) in [5.41, 5.74) is 1.79. The second-order valence-corrected chi connectivity index (χ2v) is 6.38. The topological polar surface area (TPSA) is 70.6 Å². The van der Waals surface area contributed by atoms with Gasteiger partial charge in [-0.15, -0.1) is 0 Å². The average molecular weight is 308 g/mol. The lowest BCUT2D eigenvalue weighted by Crippen LogP contribution is -2.32. The summed E-state index contributed by atoms with van der Waals surface area (Å²) >= 11 is 0. The number of rotatable bonds is 8. The van der Waals surface area contributed by atoms with E-state index in [1.165, 1.54) is 6.92 Å². The highest BCUT2D eigenvalue weighted by Crippen LogP contribution is 2.28. The number of amides is 1. The molecule has 1 unspecified atom stereocenters. The minimum absolute atomic E-state index is 0.0376. The minimum Gasteiger partial charge on any atom is -0.495 e. The maximum absolute atomic E-state index is 11.3. The fourth-order valence-electron chi connectivity index (χ4n) is 2.22. The van der Waals surface area contributed by atoms with Gasteiger partial charge in [0.25, 0.3) is 0 Å². The summed E-state index contributed by atoms with van der Waals surface area (Å²) in [7, 11) is 1.58. The van der Waals surface area contributed by atoms with E-state index in [-0.39, 0.29) is 24.0 Å². The van der Waals surface area contributed by atoms with Gasteiger partial charge in [0.05, 0.1) is 12.8 Å². The van der Waals surface area contributed by atoms with Crippen molar-refractivity contribution in [2.24, 2.45) is 5.41 Å². The lowest BCUT2D eigenvalue weighted by molar-refractivity contribution is -0.114. The summed E-state index contributed by atoms with van der Waals surface area (Å²) in [5.74, 6) is 0.520. The number of aliphatic hydroxyl groups is 1. The highest BCUT2D eigenvalue weighted by Gasteiger charge is 2.18. The highest BCUT2D eigenvalue weighted by atomic mass is 16.5. The second kappa shape index (κ2) is 8.15. The van der Waals surface area contributed by atoms with E-state index in [1.54, 1.807) is 7.11 Å². The number of hydrogen-bond donors (Lipinski definition) is 3. The molecule has 1 aromatic carbocycles. The van der Waals surface area contributed by atoms with Crippen LogP contribution in [0.25, 0.3) is 0 Å². The van der Waals surface area contributed by atoms with Crippen LogP contribution in [-0.2, 0) is 4.79 Å². The molecule has 0 spiro atoms. The van der Waals surface area contributed by atoms with Gasteiger partial charge in [0.2, 0.25) is 5.91 Å². The van der Waals surface area contributed by atoms with E-state index in [9.17, 15) is 4.79 Å². The summed E-state index contributed by atoms with van der Waals surface area (Å²) < 4.78 is 5.26. The molecule has 3 N–H and O–H groups in total. The quantitative estimate of drug-likeness (QED) is 0.690. The minimum atomic E-state index is -0.125. The van der Waals surface area contributed by atoms with E-state index in [4.69, 9.17) is 9.84 Å². The standard InChI is InChI=1S/C17H28N2O3/c1-12(18-11-17(3,4)8-9-20)14-6-7-16(22-5)15(10-14)19-13(2)21/h6-7,10,12,18,20H,8-9,11H2,1-5H3,(H,19,21). The molecule has 0 saturated carbocycles. The fourth-order valence-corrected chi connectivity index (χ4v) is 2.22. The predicted octanol–water partition coefficient (Wildman–Crippen LogP) is 2.71. The number of aliphatic hydroxyl groups excluding tert-OH is 1. The molecule has 0 heterocycles. The Labute approximate surface area is 133 Å². The molecular weight excluding hydrogens is 280 g/mol. The van der Waals surface area contributed by atoms with E-state index in [0.717, 1.165) is 18.5 Å². The average Bonchev–Trinajstić information content (AvgIpc) is 2.44. The Balaban J connectivity index is 2.80. The SMILES string of the molecule is COc1ccc(C(C)NCC(C)(C)CCO)cc1NC(C)=O. The van der Waals surface area contributed by atoms with Gasteiger partial charge in [-0.2, -0.15) is 0 Å². The molecule has 0 saturated heterocycles. The van der Waals surface area contributed by atoms with Gasteiger partial charge >= 0.3 is 0 Å². The lowest BCUT2D eigenvalue weighted by atomic mass is 9.89. The first kappa shape index (κ1) is 18.5. The van der Waals surface area contributed by atoms with Crippen LogP contribution in [0, 0.1) is 5.41 Å². The highest BCUT2D eigenvalue weighted by molar-refractivity contribution is 5.90. The molecule has 22 heavy (non-hydrogen) atoms. The molecule has 0 aliphatic rings. The van der Waals surface area contributed by atoms with Crippen LogP contribution in [0.3, 0.4) is 0 Å². The number of benzene rings is 1. The van der Waals surface area contributed by atoms with Crippen molar-refractivity contribution < 1.29 is 14.6 Å². The molecule has 0 fully saturated rings. The van der Waals surface area contributed by atoms with Gasteiger partial charge < -0.3 is 20.5 Å². The number of ether oxygens (including phenoxy) is 1. The molecule has 0 aromatic heterocycles. The third-order valence-electron chi connectivity index (χ3n) is 3.71. The van der Waals surface area contributed by atoms with Crippen LogP contribution in [-0.4, -0.2) is 31.3 Å². The fraction of sp³-hybridized carbons (Fsp3) is 0.588. The summed E-state index contributed by atoms with van der Waals surface area (Å²) in [6.07, 6.45) is 0.756. The van der Waals surface area contributed by atoms with Gasteiger partial charge in [-0.25, -0.2) is 0 Å². The maximum atomic E-state index is 11.3. The molecule has 0 radical (unpaired) electrons. The van der Waals surface area contributed by atoms with Crippen molar-refractivity contribution >= 4 is 11.6 Å². The first-order valence-electron chi connectivity index (χ1n) is 7.59. The van der Waals surface area contributed by atoms with Crippen molar-refractivity contribution in [2.45, 2.75) is 40.2 Å². The van der Waals surface area contributed by atoms with Crippen LogP contribution in [0.5, 0.6) is 5.75 Å². The van der Waals surface area contributed by atoms with Crippen LogP contribution >= 0.6 is 0 Å². The Hall–Kier alpha value is -1.59. The Morgan fingerprint density at radius 3 is 2.64 bits per heavy atom. The molecule has 0 aliphatic carbocycles. The van der Waals surface area contributed by atoms with Gasteiger partial charge in [-0.1, -0.05) is 19.9 Å². The molecule has 5 heteroatoms. The van der Waals surface area contributed by atoms with Gasteiger partial charge in [-0.3, -0.25) is 4.79 Å². The molecule has 1 aromatic rings. The molecule has 0 aliphatic heterocycles. The van der Waals surface area contributed by atoms with Gasteiger partial charge in [0.15, 0.2) is 0 Å². The third kappa shape index (κ3) is 5.66.